The van der Waals surface area contributed by atoms with Gasteiger partial charge in [-0.2, -0.15) is 0 Å². The third-order valence-electron chi connectivity index (χ3n) is 1.95. The van der Waals surface area contributed by atoms with Crippen molar-refractivity contribution in [2.75, 3.05) is 14.2 Å². The first-order chi connectivity index (χ1) is 8.45. The summed E-state index contributed by atoms with van der Waals surface area (Å²) < 4.78 is 16.4. The second-order valence-corrected chi connectivity index (χ2v) is 7.69. The highest BCUT2D eigenvalue weighted by Crippen LogP contribution is 2.52. The van der Waals surface area contributed by atoms with Gasteiger partial charge >= 0.3 is 6.72 Å². The molecule has 0 saturated carbocycles. The normalized spacial score (nSPS) is 12.6. The lowest BCUT2D eigenvalue weighted by atomic mass is 10.2. The molecule has 0 bridgehead atoms. The van der Waals surface area contributed by atoms with Gasteiger partial charge in [0.2, 0.25) is 0 Å². The Labute approximate surface area is 129 Å². The molecule has 18 heavy (non-hydrogen) atoms. The van der Waals surface area contributed by atoms with E-state index in [-0.39, 0.29) is 0 Å². The van der Waals surface area contributed by atoms with Gasteiger partial charge < -0.3 is 13.6 Å². The summed E-state index contributed by atoms with van der Waals surface area (Å²) in [5.41, 5.74) is 1.85. The maximum absolute atomic E-state index is 6.11. The average molecular weight is 392 g/mol. The molecule has 0 amide bonds. The summed E-state index contributed by atoms with van der Waals surface area (Å²) in [5, 5.41) is 0.477. The second kappa shape index (κ2) is 7.25. The summed E-state index contributed by atoms with van der Waals surface area (Å²) >= 11 is 20.3. The van der Waals surface area contributed by atoms with Gasteiger partial charge in [-0.25, -0.2) is 0 Å². The van der Waals surface area contributed by atoms with Crippen LogP contribution < -0.4 is 0 Å². The van der Waals surface area contributed by atoms with Crippen LogP contribution in [0.15, 0.2) is 28.2 Å². The van der Waals surface area contributed by atoms with E-state index in [9.17, 15) is 0 Å². The molecule has 0 saturated heterocycles. The van der Waals surface area contributed by atoms with E-state index >= 15 is 0 Å². The van der Waals surface area contributed by atoms with Gasteiger partial charge in [0.15, 0.2) is 0 Å². The first-order valence-electron chi connectivity index (χ1n) is 4.62. The third kappa shape index (κ3) is 4.20. The number of benzene rings is 1. The van der Waals surface area contributed by atoms with Gasteiger partial charge in [0.1, 0.15) is 5.76 Å². The van der Waals surface area contributed by atoms with Crippen LogP contribution in [0.5, 0.6) is 0 Å². The molecule has 0 aromatic heterocycles. The van der Waals surface area contributed by atoms with E-state index < -0.39 is 6.72 Å². The van der Waals surface area contributed by atoms with Crippen LogP contribution in [0.1, 0.15) is 5.56 Å². The molecule has 0 heterocycles. The Morgan fingerprint density at radius 2 is 2.00 bits per heavy atom. The van der Waals surface area contributed by atoms with Gasteiger partial charge in [-0.15, -0.1) is 0 Å². The number of rotatable bonds is 5. The van der Waals surface area contributed by atoms with Crippen molar-refractivity contribution in [1.82, 2.24) is 0 Å². The largest absolute Gasteiger partial charge is 0.422 e. The first-order valence-corrected chi connectivity index (χ1v) is 8.79. The molecule has 0 radical (unpaired) electrons. The molecule has 0 fully saturated rings. The Balaban J connectivity index is 3.09. The van der Waals surface area contributed by atoms with Gasteiger partial charge in [-0.3, -0.25) is 0 Å². The monoisotopic (exact) mass is 390 g/mol. The predicted molar refractivity (Wildman–Crippen MR) is 82.4 cm³/mol. The van der Waals surface area contributed by atoms with E-state index in [1.807, 2.05) is 6.07 Å². The van der Waals surface area contributed by atoms with Crippen LogP contribution in [0.3, 0.4) is 0 Å². The molecule has 0 spiro atoms. The molecule has 0 atom stereocenters. The molecule has 0 aliphatic heterocycles. The van der Waals surface area contributed by atoms with E-state index in [2.05, 4.69) is 15.9 Å². The first kappa shape index (κ1) is 16.4. The van der Waals surface area contributed by atoms with Crippen molar-refractivity contribution in [2.24, 2.45) is 0 Å². The Bertz CT molecular complexity index is 502. The molecule has 0 aliphatic carbocycles. The average Bonchev–Trinajstić information content (AvgIpc) is 2.36. The molecule has 0 aliphatic rings. The lowest BCUT2D eigenvalue weighted by Crippen LogP contribution is -1.95. The van der Waals surface area contributed by atoms with E-state index in [1.165, 1.54) is 19.8 Å². The summed E-state index contributed by atoms with van der Waals surface area (Å²) in [5.74, 6) is 0.307. The topological polar surface area (TPSA) is 27.7 Å². The Morgan fingerprint density at radius 1 is 1.39 bits per heavy atom. The van der Waals surface area contributed by atoms with Crippen molar-refractivity contribution in [1.29, 1.82) is 0 Å². The van der Waals surface area contributed by atoms with Crippen molar-refractivity contribution < 1.29 is 13.6 Å². The van der Waals surface area contributed by atoms with Crippen LogP contribution in [-0.4, -0.2) is 14.2 Å². The molecule has 3 nitrogen and oxygen atoms in total. The van der Waals surface area contributed by atoms with E-state index in [1.54, 1.807) is 12.1 Å². The van der Waals surface area contributed by atoms with E-state index in [0.717, 1.165) is 4.47 Å². The molecular formula is C10H10BrCl2O3PS. The molecule has 8 heteroatoms. The number of hydrogen-bond acceptors (Lipinski definition) is 4. The van der Waals surface area contributed by atoms with E-state index in [4.69, 9.17) is 48.6 Å². The van der Waals surface area contributed by atoms with Gasteiger partial charge in [-0.05, 0) is 18.2 Å². The van der Waals surface area contributed by atoms with Crippen LogP contribution in [0.25, 0.3) is 5.76 Å². The minimum Gasteiger partial charge on any atom is -0.422 e. The fourth-order valence-electron chi connectivity index (χ4n) is 1.09. The fourth-order valence-corrected chi connectivity index (χ4v) is 3.01. The third-order valence-corrected chi connectivity index (χ3v) is 5.39. The lowest BCUT2D eigenvalue weighted by Gasteiger charge is -2.20. The molecule has 0 unspecified atom stereocenters. The van der Waals surface area contributed by atoms with Crippen molar-refractivity contribution in [2.45, 2.75) is 0 Å². The Morgan fingerprint density at radius 3 is 2.44 bits per heavy atom. The van der Waals surface area contributed by atoms with Crippen molar-refractivity contribution in [3.05, 3.63) is 38.8 Å². The highest BCUT2D eigenvalue weighted by molar-refractivity contribution is 9.10. The van der Waals surface area contributed by atoms with Crippen LogP contribution in [0, 0.1) is 0 Å². The highest BCUT2D eigenvalue weighted by atomic mass is 79.9. The predicted octanol–water partition coefficient (Wildman–Crippen LogP) is 5.17. The minimum atomic E-state index is -2.84. The minimum absolute atomic E-state index is 0.307. The molecule has 100 valence electrons. The van der Waals surface area contributed by atoms with E-state index in [0.29, 0.717) is 16.3 Å². The Hall–Kier alpha value is 0.390. The van der Waals surface area contributed by atoms with Gasteiger partial charge in [0, 0.05) is 41.6 Å². The molecule has 1 rings (SSSR count). The zero-order valence-corrected chi connectivity index (χ0v) is 14.3. The van der Waals surface area contributed by atoms with Crippen LogP contribution in [0.4, 0.5) is 0 Å². The van der Waals surface area contributed by atoms with Crippen LogP contribution >= 0.6 is 45.9 Å². The van der Waals surface area contributed by atoms with Crippen molar-refractivity contribution in [3.63, 3.8) is 0 Å². The van der Waals surface area contributed by atoms with Gasteiger partial charge in [-0.1, -0.05) is 39.1 Å². The smallest absolute Gasteiger partial charge is 0.380 e. The number of hydrogen-bond donors (Lipinski definition) is 0. The van der Waals surface area contributed by atoms with Crippen LogP contribution in [0.2, 0.25) is 5.02 Å². The summed E-state index contributed by atoms with van der Waals surface area (Å²) in [6.45, 7) is -2.84. The summed E-state index contributed by atoms with van der Waals surface area (Å²) in [7, 11) is 2.83. The SMILES string of the molecule is COP(=S)(OC)O/C(=C/Cl)c1ccc(Br)cc1Cl. The fraction of sp³-hybridized carbons (Fsp3) is 0.200. The zero-order chi connectivity index (χ0) is 13.8. The zero-order valence-electron chi connectivity index (χ0n) is 9.52. The maximum Gasteiger partial charge on any atom is 0.380 e. The quantitative estimate of drug-likeness (QED) is 0.511. The van der Waals surface area contributed by atoms with Crippen LogP contribution in [-0.2, 0) is 25.4 Å². The lowest BCUT2D eigenvalue weighted by molar-refractivity contribution is 0.262. The van der Waals surface area contributed by atoms with Crippen molar-refractivity contribution >= 4 is 63.4 Å². The molecular weight excluding hydrogens is 382 g/mol. The van der Waals surface area contributed by atoms with Gasteiger partial charge in [0.05, 0.1) is 5.02 Å². The highest BCUT2D eigenvalue weighted by Gasteiger charge is 2.21. The molecule has 0 N–H and O–H groups in total. The summed E-state index contributed by atoms with van der Waals surface area (Å²) in [6.07, 6.45) is 0. The summed E-state index contributed by atoms with van der Waals surface area (Å²) in [4.78, 5) is 0. The van der Waals surface area contributed by atoms with Gasteiger partial charge in [0.25, 0.3) is 0 Å². The number of halogens is 3. The maximum atomic E-state index is 6.11. The molecule has 1 aromatic carbocycles. The summed E-state index contributed by atoms with van der Waals surface area (Å²) in [6, 6.07) is 5.30. The Kier molecular flexibility index (Phi) is 6.62. The van der Waals surface area contributed by atoms with Crippen molar-refractivity contribution in [3.8, 4) is 0 Å². The second-order valence-electron chi connectivity index (χ2n) is 3.00. The standard InChI is InChI=1S/C10H10BrCl2O3PS/c1-14-17(18,15-2)16-10(6-12)8-4-3-7(11)5-9(8)13/h3-6H,1-2H3/b10-6+. The molecule has 1 aromatic rings.